The van der Waals surface area contributed by atoms with Gasteiger partial charge in [0.2, 0.25) is 0 Å². The maximum Gasteiger partial charge on any atom is 0.257 e. The highest BCUT2D eigenvalue weighted by atomic mass is 16.5. The third-order valence-electron chi connectivity index (χ3n) is 3.51. The molecule has 2 aromatic rings. The lowest BCUT2D eigenvalue weighted by atomic mass is 10.1. The van der Waals surface area contributed by atoms with E-state index in [9.17, 15) is 4.79 Å². The SMILES string of the molecule is COCc1nn(C)cc1C(=O)N(CCCO)Cc1ccccc1. The van der Waals surface area contributed by atoms with E-state index in [4.69, 9.17) is 9.84 Å². The second-order valence-electron chi connectivity index (χ2n) is 5.39. The molecule has 0 aliphatic carbocycles. The number of methoxy groups -OCH3 is 1. The van der Waals surface area contributed by atoms with Crippen molar-refractivity contribution in [3.63, 3.8) is 0 Å². The van der Waals surface area contributed by atoms with Crippen LogP contribution in [0.3, 0.4) is 0 Å². The van der Waals surface area contributed by atoms with Gasteiger partial charge in [0.15, 0.2) is 0 Å². The number of nitrogens with zero attached hydrogens (tertiary/aromatic N) is 3. The number of aliphatic hydroxyl groups is 1. The summed E-state index contributed by atoms with van der Waals surface area (Å²) in [4.78, 5) is 14.6. The van der Waals surface area contributed by atoms with Crippen LogP contribution < -0.4 is 0 Å². The van der Waals surface area contributed by atoms with Crippen LogP contribution in [0.2, 0.25) is 0 Å². The highest BCUT2D eigenvalue weighted by molar-refractivity contribution is 5.95. The Balaban J connectivity index is 2.22. The third-order valence-corrected chi connectivity index (χ3v) is 3.51. The molecule has 0 bridgehead atoms. The third kappa shape index (κ3) is 4.64. The summed E-state index contributed by atoms with van der Waals surface area (Å²) in [6, 6.07) is 9.81. The zero-order chi connectivity index (χ0) is 16.7. The van der Waals surface area contributed by atoms with Gasteiger partial charge in [-0.25, -0.2) is 0 Å². The smallest absolute Gasteiger partial charge is 0.257 e. The molecule has 0 aliphatic heterocycles. The van der Waals surface area contributed by atoms with Crippen LogP contribution in [0.5, 0.6) is 0 Å². The zero-order valence-electron chi connectivity index (χ0n) is 13.6. The van der Waals surface area contributed by atoms with Crippen LogP contribution in [-0.4, -0.2) is 46.0 Å². The highest BCUT2D eigenvalue weighted by Crippen LogP contribution is 2.14. The summed E-state index contributed by atoms with van der Waals surface area (Å²) in [6.07, 6.45) is 2.26. The summed E-state index contributed by atoms with van der Waals surface area (Å²) in [5, 5.41) is 13.4. The van der Waals surface area contributed by atoms with Gasteiger partial charge in [0.1, 0.15) is 5.69 Å². The van der Waals surface area contributed by atoms with Gasteiger partial charge >= 0.3 is 0 Å². The van der Waals surface area contributed by atoms with E-state index in [0.29, 0.717) is 37.4 Å². The number of amides is 1. The molecule has 0 aliphatic rings. The van der Waals surface area contributed by atoms with Crippen molar-refractivity contribution in [1.82, 2.24) is 14.7 Å². The number of rotatable bonds is 8. The van der Waals surface area contributed by atoms with Gasteiger partial charge in [0, 0.05) is 40.1 Å². The molecule has 1 aromatic carbocycles. The Kier molecular flexibility index (Phi) is 6.31. The molecule has 0 radical (unpaired) electrons. The van der Waals surface area contributed by atoms with Crippen molar-refractivity contribution in [3.05, 3.63) is 53.3 Å². The van der Waals surface area contributed by atoms with Gasteiger partial charge in [0.25, 0.3) is 5.91 Å². The van der Waals surface area contributed by atoms with E-state index < -0.39 is 0 Å². The first-order chi connectivity index (χ1) is 11.2. The molecule has 0 saturated carbocycles. The summed E-state index contributed by atoms with van der Waals surface area (Å²) < 4.78 is 6.74. The van der Waals surface area contributed by atoms with Crippen LogP contribution in [0.4, 0.5) is 0 Å². The molecule has 124 valence electrons. The molecule has 6 heteroatoms. The van der Waals surface area contributed by atoms with Crippen molar-refractivity contribution in [2.45, 2.75) is 19.6 Å². The van der Waals surface area contributed by atoms with Gasteiger partial charge in [-0.3, -0.25) is 9.48 Å². The number of ether oxygens (including phenoxy) is 1. The van der Waals surface area contributed by atoms with Gasteiger partial charge in [-0.2, -0.15) is 5.10 Å². The number of carbonyl (C=O) groups is 1. The van der Waals surface area contributed by atoms with E-state index >= 15 is 0 Å². The molecule has 0 atom stereocenters. The molecular formula is C17H23N3O3. The number of aliphatic hydroxyl groups excluding tert-OH is 1. The van der Waals surface area contributed by atoms with Crippen molar-refractivity contribution in [3.8, 4) is 0 Å². The van der Waals surface area contributed by atoms with Gasteiger partial charge in [0.05, 0.1) is 12.2 Å². The minimum absolute atomic E-state index is 0.0521. The summed E-state index contributed by atoms with van der Waals surface area (Å²) in [6.45, 7) is 1.34. The number of aryl methyl sites for hydroxylation is 1. The molecular weight excluding hydrogens is 294 g/mol. The first-order valence-corrected chi connectivity index (χ1v) is 7.61. The lowest BCUT2D eigenvalue weighted by Crippen LogP contribution is -2.32. The summed E-state index contributed by atoms with van der Waals surface area (Å²) in [7, 11) is 3.36. The number of hydrogen-bond donors (Lipinski definition) is 1. The standard InChI is InChI=1S/C17H23N3O3/c1-19-12-15(16(18-19)13-23-2)17(22)20(9-6-10-21)11-14-7-4-3-5-8-14/h3-5,7-8,12,21H,6,9-11,13H2,1-2H3. The molecule has 6 nitrogen and oxygen atoms in total. The molecule has 0 saturated heterocycles. The second-order valence-corrected chi connectivity index (χ2v) is 5.39. The van der Waals surface area contributed by atoms with Crippen molar-refractivity contribution in [2.75, 3.05) is 20.3 Å². The van der Waals surface area contributed by atoms with E-state index in [1.54, 1.807) is 29.9 Å². The van der Waals surface area contributed by atoms with Crippen molar-refractivity contribution < 1.29 is 14.6 Å². The lowest BCUT2D eigenvalue weighted by molar-refractivity contribution is 0.0727. The minimum atomic E-state index is -0.0950. The highest BCUT2D eigenvalue weighted by Gasteiger charge is 2.21. The first kappa shape index (κ1) is 17.2. The minimum Gasteiger partial charge on any atom is -0.396 e. The molecule has 0 spiro atoms. The Labute approximate surface area is 136 Å². The number of carbonyl (C=O) groups excluding carboxylic acids is 1. The van der Waals surface area contributed by atoms with E-state index in [1.165, 1.54) is 0 Å². The molecule has 1 amide bonds. The molecule has 1 heterocycles. The van der Waals surface area contributed by atoms with Gasteiger partial charge < -0.3 is 14.7 Å². The van der Waals surface area contributed by atoms with Gasteiger partial charge in [-0.1, -0.05) is 30.3 Å². The van der Waals surface area contributed by atoms with E-state index in [2.05, 4.69) is 5.10 Å². The van der Waals surface area contributed by atoms with Gasteiger partial charge in [-0.05, 0) is 12.0 Å². The lowest BCUT2D eigenvalue weighted by Gasteiger charge is -2.22. The molecule has 23 heavy (non-hydrogen) atoms. The number of benzene rings is 1. The summed E-state index contributed by atoms with van der Waals surface area (Å²) in [5.41, 5.74) is 2.22. The van der Waals surface area contributed by atoms with Crippen LogP contribution in [0.15, 0.2) is 36.5 Å². The Morgan fingerprint density at radius 3 is 2.74 bits per heavy atom. The largest absolute Gasteiger partial charge is 0.396 e. The van der Waals surface area contributed by atoms with Crippen LogP contribution >= 0.6 is 0 Å². The maximum atomic E-state index is 12.9. The second kappa shape index (κ2) is 8.45. The fraction of sp³-hybridized carbons (Fsp3) is 0.412. The Morgan fingerprint density at radius 2 is 2.09 bits per heavy atom. The molecule has 1 aromatic heterocycles. The van der Waals surface area contributed by atoms with Crippen LogP contribution in [-0.2, 0) is 24.9 Å². The van der Waals surface area contributed by atoms with Crippen LogP contribution in [0.25, 0.3) is 0 Å². The predicted molar refractivity (Wildman–Crippen MR) is 86.8 cm³/mol. The fourth-order valence-electron chi connectivity index (χ4n) is 2.44. The fourth-order valence-corrected chi connectivity index (χ4v) is 2.44. The zero-order valence-corrected chi connectivity index (χ0v) is 13.6. The molecule has 0 unspecified atom stereocenters. The van der Waals surface area contributed by atoms with Crippen LogP contribution in [0, 0.1) is 0 Å². The monoisotopic (exact) mass is 317 g/mol. The first-order valence-electron chi connectivity index (χ1n) is 7.61. The quantitative estimate of drug-likeness (QED) is 0.803. The molecule has 1 N–H and O–H groups in total. The van der Waals surface area contributed by atoms with Gasteiger partial charge in [-0.15, -0.1) is 0 Å². The topological polar surface area (TPSA) is 67.6 Å². The Hall–Kier alpha value is -2.18. The Morgan fingerprint density at radius 1 is 1.35 bits per heavy atom. The average molecular weight is 317 g/mol. The van der Waals surface area contributed by atoms with E-state index in [-0.39, 0.29) is 12.5 Å². The molecule has 2 rings (SSSR count). The summed E-state index contributed by atoms with van der Waals surface area (Å²) in [5.74, 6) is -0.0950. The maximum absolute atomic E-state index is 12.9. The van der Waals surface area contributed by atoms with Crippen molar-refractivity contribution in [2.24, 2.45) is 7.05 Å². The average Bonchev–Trinajstić information content (AvgIpc) is 2.92. The summed E-state index contributed by atoms with van der Waals surface area (Å²) >= 11 is 0. The number of hydrogen-bond acceptors (Lipinski definition) is 4. The van der Waals surface area contributed by atoms with E-state index in [1.807, 2.05) is 30.3 Å². The molecule has 0 fully saturated rings. The van der Waals surface area contributed by atoms with E-state index in [0.717, 1.165) is 5.56 Å². The van der Waals surface area contributed by atoms with Crippen LogP contribution in [0.1, 0.15) is 28.0 Å². The predicted octanol–water partition coefficient (Wildman–Crippen LogP) is 1.59. The Bertz CT molecular complexity index is 625. The number of aromatic nitrogens is 2. The van der Waals surface area contributed by atoms with Crippen molar-refractivity contribution >= 4 is 5.91 Å². The van der Waals surface area contributed by atoms with Crippen molar-refractivity contribution in [1.29, 1.82) is 0 Å². The normalized spacial score (nSPS) is 10.7.